The lowest BCUT2D eigenvalue weighted by molar-refractivity contribution is 1.46. The second kappa shape index (κ2) is 4.02. The van der Waals surface area contributed by atoms with E-state index in [1.807, 2.05) is 18.2 Å². The van der Waals surface area contributed by atoms with Crippen molar-refractivity contribution < 1.29 is 0 Å². The zero-order chi connectivity index (χ0) is 10.7. The van der Waals surface area contributed by atoms with Crippen LogP contribution in [0.15, 0.2) is 48.5 Å². The molecule has 0 heteroatoms. The van der Waals surface area contributed by atoms with E-state index in [2.05, 4.69) is 43.2 Å². The Morgan fingerprint density at radius 2 is 1.60 bits per heavy atom. The molecule has 0 aliphatic rings. The third kappa shape index (κ3) is 2.08. The van der Waals surface area contributed by atoms with Crippen molar-refractivity contribution in [3.8, 4) is 23.5 Å². The molecule has 0 unspecified atom stereocenters. The second-order valence-electron chi connectivity index (χ2n) is 3.59. The van der Waals surface area contributed by atoms with Crippen LogP contribution < -0.4 is 0 Å². The number of hydrogen-bond acceptors (Lipinski definition) is 0. The molecular formula is C15H12. The number of terminal acetylenes is 1. The zero-order valence-corrected chi connectivity index (χ0v) is 8.70. The van der Waals surface area contributed by atoms with Gasteiger partial charge in [0.1, 0.15) is 0 Å². The standard InChI is InChI=1S/C15H12/c1-3-13-7-5-9-15(11-13)14-8-4-6-12(2)10-14/h1,4-11H,2H3. The van der Waals surface area contributed by atoms with Gasteiger partial charge < -0.3 is 0 Å². The fourth-order valence-electron chi connectivity index (χ4n) is 1.61. The van der Waals surface area contributed by atoms with Gasteiger partial charge in [-0.25, -0.2) is 0 Å². The average molecular weight is 192 g/mol. The van der Waals surface area contributed by atoms with Gasteiger partial charge in [0.15, 0.2) is 0 Å². The van der Waals surface area contributed by atoms with E-state index in [9.17, 15) is 0 Å². The first kappa shape index (κ1) is 9.55. The molecule has 0 nitrogen and oxygen atoms in total. The van der Waals surface area contributed by atoms with Crippen molar-refractivity contribution in [2.75, 3.05) is 0 Å². The molecule has 0 atom stereocenters. The fourth-order valence-corrected chi connectivity index (χ4v) is 1.61. The summed E-state index contributed by atoms with van der Waals surface area (Å²) in [6.07, 6.45) is 5.38. The van der Waals surface area contributed by atoms with Gasteiger partial charge in [-0.2, -0.15) is 0 Å². The molecule has 0 N–H and O–H groups in total. The molecule has 0 bridgehead atoms. The Hall–Kier alpha value is -2.00. The van der Waals surface area contributed by atoms with Crippen molar-refractivity contribution in [2.24, 2.45) is 0 Å². The summed E-state index contributed by atoms with van der Waals surface area (Å²) in [5.41, 5.74) is 4.58. The minimum absolute atomic E-state index is 0.925. The first-order chi connectivity index (χ1) is 7.29. The number of rotatable bonds is 1. The van der Waals surface area contributed by atoms with Crippen LogP contribution >= 0.6 is 0 Å². The molecule has 0 heterocycles. The predicted octanol–water partition coefficient (Wildman–Crippen LogP) is 3.64. The van der Waals surface area contributed by atoms with Crippen LogP contribution in [0.5, 0.6) is 0 Å². The molecule has 0 spiro atoms. The molecule has 0 radical (unpaired) electrons. The van der Waals surface area contributed by atoms with Gasteiger partial charge in [-0.1, -0.05) is 47.9 Å². The first-order valence-corrected chi connectivity index (χ1v) is 4.93. The van der Waals surface area contributed by atoms with Gasteiger partial charge in [-0.05, 0) is 30.2 Å². The van der Waals surface area contributed by atoms with E-state index in [-0.39, 0.29) is 0 Å². The van der Waals surface area contributed by atoms with Crippen molar-refractivity contribution in [3.05, 3.63) is 59.7 Å². The molecule has 2 aromatic rings. The molecule has 2 rings (SSSR count). The summed E-state index contributed by atoms with van der Waals surface area (Å²) in [7, 11) is 0. The van der Waals surface area contributed by atoms with E-state index in [4.69, 9.17) is 6.42 Å². The van der Waals surface area contributed by atoms with Crippen LogP contribution in [0.25, 0.3) is 11.1 Å². The topological polar surface area (TPSA) is 0 Å². The fraction of sp³-hybridized carbons (Fsp3) is 0.0667. The molecule has 0 saturated heterocycles. The number of hydrogen-bond donors (Lipinski definition) is 0. The highest BCUT2D eigenvalue weighted by Gasteiger charge is 1.97. The van der Waals surface area contributed by atoms with Crippen molar-refractivity contribution in [1.29, 1.82) is 0 Å². The first-order valence-electron chi connectivity index (χ1n) is 4.93. The summed E-state index contributed by atoms with van der Waals surface area (Å²) >= 11 is 0. The van der Waals surface area contributed by atoms with Crippen molar-refractivity contribution in [1.82, 2.24) is 0 Å². The Labute approximate surface area is 90.6 Å². The highest BCUT2D eigenvalue weighted by molar-refractivity contribution is 5.65. The average Bonchev–Trinajstić information content (AvgIpc) is 2.29. The van der Waals surface area contributed by atoms with Gasteiger partial charge in [0.05, 0.1) is 0 Å². The van der Waals surface area contributed by atoms with Gasteiger partial charge >= 0.3 is 0 Å². The summed E-state index contributed by atoms with van der Waals surface area (Å²) < 4.78 is 0. The van der Waals surface area contributed by atoms with Gasteiger partial charge in [-0.15, -0.1) is 6.42 Å². The highest BCUT2D eigenvalue weighted by Crippen LogP contribution is 2.20. The molecule has 0 aliphatic heterocycles. The second-order valence-corrected chi connectivity index (χ2v) is 3.59. The Kier molecular flexibility index (Phi) is 2.56. The number of benzene rings is 2. The molecule has 0 aromatic heterocycles. The van der Waals surface area contributed by atoms with Gasteiger partial charge in [0, 0.05) is 5.56 Å². The molecular weight excluding hydrogens is 180 g/mol. The molecule has 0 saturated carbocycles. The van der Waals surface area contributed by atoms with Crippen molar-refractivity contribution in [3.63, 3.8) is 0 Å². The Bertz CT molecular complexity index is 516. The van der Waals surface area contributed by atoms with Crippen LogP contribution in [-0.2, 0) is 0 Å². The molecule has 0 amide bonds. The zero-order valence-electron chi connectivity index (χ0n) is 8.70. The van der Waals surface area contributed by atoms with Crippen LogP contribution in [-0.4, -0.2) is 0 Å². The Morgan fingerprint density at radius 1 is 0.933 bits per heavy atom. The summed E-state index contributed by atoms with van der Waals surface area (Å²) in [6, 6.07) is 16.5. The van der Waals surface area contributed by atoms with E-state index in [0.29, 0.717) is 0 Å². The van der Waals surface area contributed by atoms with Crippen LogP contribution in [0.3, 0.4) is 0 Å². The highest BCUT2D eigenvalue weighted by atomic mass is 14.0. The maximum absolute atomic E-state index is 5.38. The summed E-state index contributed by atoms with van der Waals surface area (Å²) in [4.78, 5) is 0. The van der Waals surface area contributed by atoms with Crippen molar-refractivity contribution in [2.45, 2.75) is 6.92 Å². The molecule has 0 fully saturated rings. The third-order valence-corrected chi connectivity index (χ3v) is 2.38. The quantitative estimate of drug-likeness (QED) is 0.605. The Morgan fingerprint density at radius 3 is 2.27 bits per heavy atom. The van der Waals surface area contributed by atoms with E-state index < -0.39 is 0 Å². The van der Waals surface area contributed by atoms with E-state index in [1.165, 1.54) is 16.7 Å². The largest absolute Gasteiger partial charge is 0.115 e. The van der Waals surface area contributed by atoms with Crippen LogP contribution in [0.1, 0.15) is 11.1 Å². The monoisotopic (exact) mass is 192 g/mol. The van der Waals surface area contributed by atoms with Crippen molar-refractivity contribution >= 4 is 0 Å². The van der Waals surface area contributed by atoms with Gasteiger partial charge in [0.25, 0.3) is 0 Å². The van der Waals surface area contributed by atoms with Crippen LogP contribution in [0, 0.1) is 19.3 Å². The Balaban J connectivity index is 2.50. The van der Waals surface area contributed by atoms with Crippen LogP contribution in [0.2, 0.25) is 0 Å². The normalized spacial score (nSPS) is 9.60. The summed E-state index contributed by atoms with van der Waals surface area (Å²) in [6.45, 7) is 2.09. The molecule has 72 valence electrons. The molecule has 2 aromatic carbocycles. The smallest absolute Gasteiger partial charge is 0.0248 e. The van der Waals surface area contributed by atoms with Gasteiger partial charge in [0.2, 0.25) is 0 Å². The lowest BCUT2D eigenvalue weighted by Gasteiger charge is -2.03. The lowest BCUT2D eigenvalue weighted by atomic mass is 10.0. The maximum atomic E-state index is 5.38. The lowest BCUT2D eigenvalue weighted by Crippen LogP contribution is -1.80. The summed E-state index contributed by atoms with van der Waals surface area (Å²) in [5, 5.41) is 0. The SMILES string of the molecule is C#Cc1cccc(-c2cccc(C)c2)c1. The third-order valence-electron chi connectivity index (χ3n) is 2.38. The molecule has 0 aliphatic carbocycles. The summed E-state index contributed by atoms with van der Waals surface area (Å²) in [5.74, 6) is 2.65. The van der Waals surface area contributed by atoms with E-state index in [1.54, 1.807) is 0 Å². The molecule has 15 heavy (non-hydrogen) atoms. The number of aryl methyl sites for hydroxylation is 1. The minimum atomic E-state index is 0.925. The van der Waals surface area contributed by atoms with E-state index >= 15 is 0 Å². The maximum Gasteiger partial charge on any atom is 0.0248 e. The van der Waals surface area contributed by atoms with Gasteiger partial charge in [-0.3, -0.25) is 0 Å². The minimum Gasteiger partial charge on any atom is -0.115 e. The van der Waals surface area contributed by atoms with E-state index in [0.717, 1.165) is 5.56 Å². The van der Waals surface area contributed by atoms with Crippen LogP contribution in [0.4, 0.5) is 0 Å². The predicted molar refractivity (Wildman–Crippen MR) is 64.6 cm³/mol.